The highest BCUT2D eigenvalue weighted by Gasteiger charge is 2.18. The molecule has 0 unspecified atom stereocenters. The summed E-state index contributed by atoms with van der Waals surface area (Å²) in [6, 6.07) is 22.0. The van der Waals surface area contributed by atoms with Crippen molar-refractivity contribution < 1.29 is 14.3 Å². The van der Waals surface area contributed by atoms with E-state index in [1.54, 1.807) is 7.11 Å². The van der Waals surface area contributed by atoms with Crippen LogP contribution >= 0.6 is 0 Å². The minimum Gasteiger partial charge on any atom is -0.497 e. The molecule has 0 heterocycles. The number of benzene rings is 3. The summed E-state index contributed by atoms with van der Waals surface area (Å²) in [6.07, 6.45) is 1.91. The van der Waals surface area contributed by atoms with Gasteiger partial charge >= 0.3 is 0 Å². The van der Waals surface area contributed by atoms with Gasteiger partial charge in [-0.3, -0.25) is 4.79 Å². The van der Waals surface area contributed by atoms with E-state index in [0.29, 0.717) is 13.0 Å². The maximum absolute atomic E-state index is 12.6. The predicted octanol–water partition coefficient (Wildman–Crippen LogP) is 4.75. The van der Waals surface area contributed by atoms with Crippen molar-refractivity contribution in [1.82, 2.24) is 5.32 Å². The van der Waals surface area contributed by atoms with Crippen LogP contribution in [0.1, 0.15) is 25.3 Å². The molecule has 0 bridgehead atoms. The van der Waals surface area contributed by atoms with Crippen molar-refractivity contribution in [3.05, 3.63) is 72.3 Å². The van der Waals surface area contributed by atoms with E-state index in [9.17, 15) is 4.79 Å². The molecule has 0 fully saturated rings. The third-order valence-electron chi connectivity index (χ3n) is 4.78. The molecule has 0 aliphatic carbocycles. The summed E-state index contributed by atoms with van der Waals surface area (Å²) in [4.78, 5) is 12.6. The van der Waals surface area contributed by atoms with Crippen molar-refractivity contribution in [3.63, 3.8) is 0 Å². The number of hydrogen-bond acceptors (Lipinski definition) is 3. The molecule has 3 aromatic carbocycles. The molecule has 28 heavy (non-hydrogen) atoms. The van der Waals surface area contributed by atoms with E-state index in [4.69, 9.17) is 9.47 Å². The molecule has 0 spiro atoms. The smallest absolute Gasteiger partial charge is 0.261 e. The Morgan fingerprint density at radius 2 is 1.75 bits per heavy atom. The highest BCUT2D eigenvalue weighted by molar-refractivity contribution is 5.89. The van der Waals surface area contributed by atoms with Crippen molar-refractivity contribution in [3.8, 4) is 11.5 Å². The predicted molar refractivity (Wildman–Crippen MR) is 113 cm³/mol. The standard InChI is InChI=1S/C24H27NO3/c1-3-22(28-23-12-6-10-19-9-4-5-11-21(19)23)24(26)25-17-7-8-18-13-15-20(27-2)16-14-18/h4-6,9-16,22H,3,7-8,17H2,1-2H3,(H,25,26)/t22-/m1/s1. The van der Waals surface area contributed by atoms with Gasteiger partial charge in [0.05, 0.1) is 7.11 Å². The van der Waals surface area contributed by atoms with Crippen LogP contribution in [-0.2, 0) is 11.2 Å². The van der Waals surface area contributed by atoms with Gasteiger partial charge in [-0.1, -0.05) is 55.5 Å². The zero-order chi connectivity index (χ0) is 19.8. The van der Waals surface area contributed by atoms with Gasteiger partial charge in [-0.25, -0.2) is 0 Å². The van der Waals surface area contributed by atoms with Crippen molar-refractivity contribution in [1.29, 1.82) is 0 Å². The Bertz CT molecular complexity index is 900. The first kappa shape index (κ1) is 19.7. The molecule has 1 N–H and O–H groups in total. The molecule has 1 atom stereocenters. The summed E-state index contributed by atoms with van der Waals surface area (Å²) in [7, 11) is 1.66. The lowest BCUT2D eigenvalue weighted by Crippen LogP contribution is -2.38. The summed E-state index contributed by atoms with van der Waals surface area (Å²) in [5, 5.41) is 5.14. The number of carbonyl (C=O) groups excluding carboxylic acids is 1. The molecule has 146 valence electrons. The number of aryl methyl sites for hydroxylation is 1. The number of nitrogens with one attached hydrogen (secondary N) is 1. The average Bonchev–Trinajstić information content (AvgIpc) is 2.75. The second-order valence-corrected chi connectivity index (χ2v) is 6.73. The van der Waals surface area contributed by atoms with Crippen LogP contribution in [0.25, 0.3) is 10.8 Å². The molecular weight excluding hydrogens is 350 g/mol. The largest absolute Gasteiger partial charge is 0.497 e. The molecule has 0 aromatic heterocycles. The Morgan fingerprint density at radius 1 is 1.00 bits per heavy atom. The third-order valence-corrected chi connectivity index (χ3v) is 4.78. The fourth-order valence-electron chi connectivity index (χ4n) is 3.18. The van der Waals surface area contributed by atoms with Gasteiger partial charge in [-0.05, 0) is 48.4 Å². The van der Waals surface area contributed by atoms with Gasteiger partial charge in [0.25, 0.3) is 5.91 Å². The topological polar surface area (TPSA) is 47.6 Å². The minimum absolute atomic E-state index is 0.0647. The van der Waals surface area contributed by atoms with Crippen LogP contribution in [0.2, 0.25) is 0 Å². The van der Waals surface area contributed by atoms with Gasteiger partial charge in [0, 0.05) is 11.9 Å². The summed E-state index contributed by atoms with van der Waals surface area (Å²) in [5.74, 6) is 1.54. The lowest BCUT2D eigenvalue weighted by Gasteiger charge is -2.18. The van der Waals surface area contributed by atoms with E-state index < -0.39 is 6.10 Å². The van der Waals surface area contributed by atoms with Gasteiger partial charge in [0.15, 0.2) is 6.10 Å². The lowest BCUT2D eigenvalue weighted by molar-refractivity contribution is -0.128. The first-order chi connectivity index (χ1) is 13.7. The number of hydrogen-bond donors (Lipinski definition) is 1. The first-order valence-corrected chi connectivity index (χ1v) is 9.76. The van der Waals surface area contributed by atoms with Gasteiger partial charge in [0.1, 0.15) is 11.5 Å². The fraction of sp³-hybridized carbons (Fsp3) is 0.292. The summed E-state index contributed by atoms with van der Waals surface area (Å²) in [5.41, 5.74) is 1.23. The van der Waals surface area contributed by atoms with Crippen LogP contribution in [0, 0.1) is 0 Å². The number of amides is 1. The number of methoxy groups -OCH3 is 1. The third kappa shape index (κ3) is 5.03. The lowest BCUT2D eigenvalue weighted by atomic mass is 10.1. The number of ether oxygens (including phenoxy) is 2. The zero-order valence-corrected chi connectivity index (χ0v) is 16.5. The van der Waals surface area contributed by atoms with E-state index in [2.05, 4.69) is 17.4 Å². The second kappa shape index (κ2) is 9.79. The van der Waals surface area contributed by atoms with Gasteiger partial charge < -0.3 is 14.8 Å². The summed E-state index contributed by atoms with van der Waals surface area (Å²) >= 11 is 0. The Labute approximate surface area is 166 Å². The molecule has 3 rings (SSSR count). The van der Waals surface area contributed by atoms with Crippen LogP contribution in [0.5, 0.6) is 11.5 Å². The Morgan fingerprint density at radius 3 is 2.50 bits per heavy atom. The van der Waals surface area contributed by atoms with Crippen LogP contribution in [0.4, 0.5) is 0 Å². The van der Waals surface area contributed by atoms with Gasteiger partial charge in [0.2, 0.25) is 0 Å². The SMILES string of the molecule is CC[C@@H](Oc1cccc2ccccc12)C(=O)NCCCc1ccc(OC)cc1. The normalized spacial score (nSPS) is 11.8. The first-order valence-electron chi connectivity index (χ1n) is 9.76. The van der Waals surface area contributed by atoms with E-state index in [0.717, 1.165) is 35.1 Å². The zero-order valence-electron chi connectivity index (χ0n) is 16.5. The quantitative estimate of drug-likeness (QED) is 0.547. The van der Waals surface area contributed by atoms with E-state index in [1.165, 1.54) is 5.56 Å². The van der Waals surface area contributed by atoms with Crippen molar-refractivity contribution in [2.24, 2.45) is 0 Å². The Kier molecular flexibility index (Phi) is 6.90. The van der Waals surface area contributed by atoms with E-state index >= 15 is 0 Å². The molecule has 0 saturated carbocycles. The van der Waals surface area contributed by atoms with Crippen LogP contribution in [0.15, 0.2) is 66.7 Å². The van der Waals surface area contributed by atoms with Crippen LogP contribution in [-0.4, -0.2) is 25.7 Å². The molecule has 1 amide bonds. The molecule has 4 nitrogen and oxygen atoms in total. The minimum atomic E-state index is -0.494. The fourth-order valence-corrected chi connectivity index (χ4v) is 3.18. The summed E-state index contributed by atoms with van der Waals surface area (Å²) < 4.78 is 11.2. The maximum Gasteiger partial charge on any atom is 0.261 e. The van der Waals surface area contributed by atoms with E-state index in [-0.39, 0.29) is 5.91 Å². The van der Waals surface area contributed by atoms with Crippen molar-refractivity contribution in [2.45, 2.75) is 32.3 Å². The molecule has 0 aliphatic rings. The molecule has 0 saturated heterocycles. The molecular formula is C24H27NO3. The monoisotopic (exact) mass is 377 g/mol. The molecule has 4 heteroatoms. The highest BCUT2D eigenvalue weighted by atomic mass is 16.5. The second-order valence-electron chi connectivity index (χ2n) is 6.73. The average molecular weight is 377 g/mol. The molecule has 0 aliphatic heterocycles. The van der Waals surface area contributed by atoms with Crippen molar-refractivity contribution >= 4 is 16.7 Å². The molecule has 0 radical (unpaired) electrons. The van der Waals surface area contributed by atoms with Crippen molar-refractivity contribution in [2.75, 3.05) is 13.7 Å². The summed E-state index contributed by atoms with van der Waals surface area (Å²) in [6.45, 7) is 2.59. The maximum atomic E-state index is 12.6. The van der Waals surface area contributed by atoms with E-state index in [1.807, 2.05) is 61.5 Å². The molecule has 3 aromatic rings. The van der Waals surface area contributed by atoms with Gasteiger partial charge in [-0.2, -0.15) is 0 Å². The van der Waals surface area contributed by atoms with Crippen LogP contribution in [0.3, 0.4) is 0 Å². The number of fused-ring (bicyclic) bond motifs is 1. The Balaban J connectivity index is 1.51. The Hall–Kier alpha value is -3.01. The number of rotatable bonds is 9. The number of carbonyl (C=O) groups is 1. The highest BCUT2D eigenvalue weighted by Crippen LogP contribution is 2.26. The van der Waals surface area contributed by atoms with Crippen LogP contribution < -0.4 is 14.8 Å². The van der Waals surface area contributed by atoms with Gasteiger partial charge in [-0.15, -0.1) is 0 Å².